The highest BCUT2D eigenvalue weighted by atomic mass is 31.2. The Kier molecular flexibility index (Phi) is 29.3. The number of hydrogen-bond donors (Lipinski definition) is 0. The number of hydrogen-bond acceptors (Lipinski definition) is 5. The second-order valence-corrected chi connectivity index (χ2v) is 13.1. The molecule has 0 saturated heterocycles. The van der Waals surface area contributed by atoms with Gasteiger partial charge in [0.05, 0.1) is 19.8 Å². The lowest BCUT2D eigenvalue weighted by molar-refractivity contribution is -0.141. The SMILES string of the molecule is CCCCCCCCCCCCCCCCCCOC(=O)CP(=O)(OCCCCCC)OCCCCCC. The van der Waals surface area contributed by atoms with Gasteiger partial charge in [-0.25, -0.2) is 0 Å². The maximum atomic E-state index is 13.1. The van der Waals surface area contributed by atoms with E-state index in [9.17, 15) is 9.36 Å². The van der Waals surface area contributed by atoms with Crippen LogP contribution in [0.4, 0.5) is 0 Å². The van der Waals surface area contributed by atoms with Crippen molar-refractivity contribution in [2.24, 2.45) is 0 Å². The molecule has 0 bridgehead atoms. The van der Waals surface area contributed by atoms with Crippen molar-refractivity contribution in [1.29, 1.82) is 0 Å². The summed E-state index contributed by atoms with van der Waals surface area (Å²) in [7, 11) is -3.44. The normalized spacial score (nSPS) is 11.8. The van der Waals surface area contributed by atoms with Crippen molar-refractivity contribution in [3.8, 4) is 0 Å². The molecule has 0 spiro atoms. The molecule has 0 aromatic carbocycles. The van der Waals surface area contributed by atoms with E-state index >= 15 is 0 Å². The van der Waals surface area contributed by atoms with Crippen molar-refractivity contribution >= 4 is 13.6 Å². The molecule has 5 nitrogen and oxygen atoms in total. The second kappa shape index (κ2) is 29.6. The summed E-state index contributed by atoms with van der Waals surface area (Å²) in [4.78, 5) is 12.3. The molecule has 0 atom stereocenters. The van der Waals surface area contributed by atoms with E-state index in [2.05, 4.69) is 20.8 Å². The fourth-order valence-electron chi connectivity index (χ4n) is 4.63. The molecule has 0 aliphatic rings. The van der Waals surface area contributed by atoms with Crippen LogP contribution in [0.2, 0.25) is 0 Å². The molecule has 0 aromatic rings. The van der Waals surface area contributed by atoms with Gasteiger partial charge in [-0.05, 0) is 19.3 Å². The standard InChI is InChI=1S/C32H65O5P/c1-4-7-10-13-14-15-16-17-18-19-20-21-22-23-24-25-28-35-32(33)31-38(34,36-29-26-11-8-5-2)37-30-27-12-9-6-3/h4-31H2,1-3H3. The van der Waals surface area contributed by atoms with Crippen molar-refractivity contribution in [3.63, 3.8) is 0 Å². The third-order valence-electron chi connectivity index (χ3n) is 7.16. The second-order valence-electron chi connectivity index (χ2n) is 11.1. The number of ether oxygens (including phenoxy) is 1. The first-order chi connectivity index (χ1) is 18.6. The van der Waals surface area contributed by atoms with Crippen LogP contribution in [0, 0.1) is 0 Å². The summed E-state index contributed by atoms with van der Waals surface area (Å²) in [5.41, 5.74) is 0. The van der Waals surface area contributed by atoms with Gasteiger partial charge in [0.1, 0.15) is 6.16 Å². The van der Waals surface area contributed by atoms with Gasteiger partial charge in [-0.15, -0.1) is 0 Å². The van der Waals surface area contributed by atoms with Gasteiger partial charge in [0.15, 0.2) is 0 Å². The van der Waals surface area contributed by atoms with Gasteiger partial charge in [-0.2, -0.15) is 0 Å². The predicted octanol–water partition coefficient (Wildman–Crippen LogP) is 11.2. The van der Waals surface area contributed by atoms with Gasteiger partial charge in [-0.1, -0.05) is 156 Å². The lowest BCUT2D eigenvalue weighted by Crippen LogP contribution is -2.14. The zero-order valence-corrected chi connectivity index (χ0v) is 26.7. The third kappa shape index (κ3) is 27.2. The van der Waals surface area contributed by atoms with E-state index in [4.69, 9.17) is 13.8 Å². The summed E-state index contributed by atoms with van der Waals surface area (Å²) in [6, 6.07) is 0. The fourth-order valence-corrected chi connectivity index (χ4v) is 6.11. The van der Waals surface area contributed by atoms with E-state index in [1.165, 1.54) is 89.9 Å². The van der Waals surface area contributed by atoms with Crippen LogP contribution in [0.15, 0.2) is 0 Å². The van der Waals surface area contributed by atoms with Crippen LogP contribution in [0.3, 0.4) is 0 Å². The molecule has 0 aliphatic carbocycles. The quantitative estimate of drug-likeness (QED) is 0.0479. The Hall–Kier alpha value is -0.380. The van der Waals surface area contributed by atoms with Gasteiger partial charge >= 0.3 is 13.6 Å². The van der Waals surface area contributed by atoms with E-state index < -0.39 is 13.6 Å². The van der Waals surface area contributed by atoms with Crippen LogP contribution in [0.5, 0.6) is 0 Å². The first kappa shape index (κ1) is 37.6. The summed E-state index contributed by atoms with van der Waals surface area (Å²) in [6.45, 7) is 7.72. The van der Waals surface area contributed by atoms with Crippen LogP contribution in [-0.4, -0.2) is 32.0 Å². The summed E-state index contributed by atoms with van der Waals surface area (Å²) in [6.07, 6.45) is 29.1. The molecule has 38 heavy (non-hydrogen) atoms. The third-order valence-corrected chi connectivity index (χ3v) is 8.95. The Morgan fingerprint density at radius 1 is 0.447 bits per heavy atom. The van der Waals surface area contributed by atoms with Crippen molar-refractivity contribution in [3.05, 3.63) is 0 Å². The highest BCUT2D eigenvalue weighted by Crippen LogP contribution is 2.48. The highest BCUT2D eigenvalue weighted by Gasteiger charge is 2.29. The molecule has 0 unspecified atom stereocenters. The van der Waals surface area contributed by atoms with Crippen LogP contribution < -0.4 is 0 Å². The molecule has 0 rings (SSSR count). The van der Waals surface area contributed by atoms with E-state index in [0.29, 0.717) is 19.8 Å². The molecule has 0 fully saturated rings. The molecule has 0 aliphatic heterocycles. The van der Waals surface area contributed by atoms with E-state index in [1.54, 1.807) is 0 Å². The van der Waals surface area contributed by atoms with Crippen molar-refractivity contribution in [1.82, 2.24) is 0 Å². The average molecular weight is 561 g/mol. The number of unbranched alkanes of at least 4 members (excludes halogenated alkanes) is 21. The number of esters is 1. The maximum absolute atomic E-state index is 13.1. The van der Waals surface area contributed by atoms with Gasteiger partial charge in [0.25, 0.3) is 0 Å². The van der Waals surface area contributed by atoms with Crippen molar-refractivity contribution in [2.45, 2.75) is 175 Å². The lowest BCUT2D eigenvalue weighted by Gasteiger charge is -2.18. The Labute approximate surface area is 237 Å². The first-order valence-corrected chi connectivity index (χ1v) is 18.3. The summed E-state index contributed by atoms with van der Waals surface area (Å²) < 4.78 is 29.7. The van der Waals surface area contributed by atoms with Crippen LogP contribution in [0.25, 0.3) is 0 Å². The van der Waals surface area contributed by atoms with Crippen LogP contribution >= 0.6 is 7.60 Å². The molecule has 0 radical (unpaired) electrons. The van der Waals surface area contributed by atoms with Crippen molar-refractivity contribution in [2.75, 3.05) is 26.0 Å². The number of carbonyl (C=O) groups is 1. The van der Waals surface area contributed by atoms with Gasteiger partial charge in [-0.3, -0.25) is 9.36 Å². The number of rotatable bonds is 31. The summed E-state index contributed by atoms with van der Waals surface area (Å²) in [5.74, 6) is -0.462. The zero-order chi connectivity index (χ0) is 28.0. The minimum absolute atomic E-state index is 0.270. The van der Waals surface area contributed by atoms with E-state index in [0.717, 1.165) is 64.2 Å². The minimum Gasteiger partial charge on any atom is -0.465 e. The summed E-state index contributed by atoms with van der Waals surface area (Å²) in [5, 5.41) is 0. The summed E-state index contributed by atoms with van der Waals surface area (Å²) >= 11 is 0. The Bertz CT molecular complexity index is 522. The molecule has 228 valence electrons. The first-order valence-electron chi connectivity index (χ1n) is 16.6. The van der Waals surface area contributed by atoms with Gasteiger partial charge < -0.3 is 13.8 Å². The zero-order valence-electron chi connectivity index (χ0n) is 25.8. The topological polar surface area (TPSA) is 61.8 Å². The molecule has 6 heteroatoms. The molecule has 0 N–H and O–H groups in total. The fraction of sp³-hybridized carbons (Fsp3) is 0.969. The molecule has 0 aromatic heterocycles. The van der Waals surface area contributed by atoms with Gasteiger partial charge in [0, 0.05) is 0 Å². The van der Waals surface area contributed by atoms with E-state index in [-0.39, 0.29) is 6.16 Å². The smallest absolute Gasteiger partial charge is 0.341 e. The molecular weight excluding hydrogens is 495 g/mol. The van der Waals surface area contributed by atoms with Gasteiger partial charge in [0.2, 0.25) is 0 Å². The monoisotopic (exact) mass is 560 g/mol. The van der Waals surface area contributed by atoms with Crippen LogP contribution in [0.1, 0.15) is 175 Å². The van der Waals surface area contributed by atoms with Crippen LogP contribution in [-0.2, 0) is 23.1 Å². The lowest BCUT2D eigenvalue weighted by atomic mass is 10.0. The Morgan fingerprint density at radius 3 is 1.11 bits per heavy atom. The molecule has 0 heterocycles. The highest BCUT2D eigenvalue weighted by molar-refractivity contribution is 7.54. The largest absolute Gasteiger partial charge is 0.465 e. The maximum Gasteiger partial charge on any atom is 0.341 e. The van der Waals surface area contributed by atoms with E-state index in [1.807, 2.05) is 0 Å². The Morgan fingerprint density at radius 2 is 0.737 bits per heavy atom. The van der Waals surface area contributed by atoms with Crippen molar-refractivity contribution < 1.29 is 23.1 Å². The average Bonchev–Trinajstić information content (AvgIpc) is 2.90. The minimum atomic E-state index is -3.44. The Balaban J connectivity index is 3.80. The number of carbonyl (C=O) groups excluding carboxylic acids is 1. The predicted molar refractivity (Wildman–Crippen MR) is 163 cm³/mol. The molecular formula is C32H65O5P. The molecule has 0 amide bonds. The molecule has 0 saturated carbocycles.